The van der Waals surface area contributed by atoms with Gasteiger partial charge in [-0.25, -0.2) is 0 Å². The Kier molecular flexibility index (Phi) is 18.8. The van der Waals surface area contributed by atoms with E-state index in [-0.39, 0.29) is 79.4 Å². The molecule has 2 nitrogen and oxygen atoms in total. The molecule has 0 radical (unpaired) electrons. The van der Waals surface area contributed by atoms with E-state index in [2.05, 4.69) is 357 Å². The number of fused-ring (bicyclic) bond motifs is 3. The average Bonchev–Trinajstić information content (AvgIpc) is 1.53. The van der Waals surface area contributed by atoms with Crippen LogP contribution in [0.1, 0.15) is 318 Å². The number of halogens is 1. The van der Waals surface area contributed by atoms with Crippen molar-refractivity contribution >= 4 is 10.8 Å². The van der Waals surface area contributed by atoms with E-state index in [0.29, 0.717) is 0 Å². The largest absolute Gasteiger partial charge is 1.00 e. The Morgan fingerprint density at radius 3 is 0.851 bits per heavy atom. The van der Waals surface area contributed by atoms with Gasteiger partial charge in [0, 0.05) is 62.4 Å². The second-order valence-corrected chi connectivity index (χ2v) is 37.1. The normalized spacial score (nSPS) is 14.7. The molecule has 10 rings (SSSR count). The maximum atomic E-state index is 2.72. The van der Waals surface area contributed by atoms with Crippen LogP contribution in [-0.2, 0) is 43.3 Å². The first-order chi connectivity index (χ1) is 42.6. The highest BCUT2D eigenvalue weighted by atomic mass is 35.5. The monoisotopic (exact) mass is 1270 g/mol. The Labute approximate surface area is 577 Å². The van der Waals surface area contributed by atoms with Crippen molar-refractivity contribution in [1.29, 1.82) is 0 Å². The number of imidazole rings is 1. The van der Waals surface area contributed by atoms with Crippen LogP contribution < -0.4 is 17.0 Å². The minimum atomic E-state index is -0.0482. The Balaban J connectivity index is 0.0000104. The lowest BCUT2D eigenvalue weighted by Crippen LogP contribution is -3.00. The van der Waals surface area contributed by atoms with Gasteiger partial charge in [0.2, 0.25) is 0 Å². The van der Waals surface area contributed by atoms with Gasteiger partial charge in [-0.05, 0) is 141 Å². The highest BCUT2D eigenvalue weighted by molar-refractivity contribution is 6.13. The van der Waals surface area contributed by atoms with E-state index in [1.165, 1.54) is 145 Å². The number of aryl methyl sites for hydroxylation is 2. The minimum Gasteiger partial charge on any atom is -1.00 e. The summed E-state index contributed by atoms with van der Waals surface area (Å²) in [6.07, 6.45) is 2.57. The molecule has 0 saturated carbocycles. The fraction of sp³-hybridized carbons (Fsp3) is 0.462. The molecule has 0 saturated heterocycles. The van der Waals surface area contributed by atoms with Crippen molar-refractivity contribution in [2.75, 3.05) is 0 Å². The third-order valence-electron chi connectivity index (χ3n) is 21.1. The van der Waals surface area contributed by atoms with Gasteiger partial charge in [0.05, 0.1) is 0 Å². The molecule has 0 spiro atoms. The molecule has 3 heteroatoms. The first kappa shape index (κ1) is 71.8. The Morgan fingerprint density at radius 1 is 0.319 bits per heavy atom. The molecule has 1 aliphatic carbocycles. The quantitative estimate of drug-likeness (QED) is 0.121. The number of hydrogen-bond acceptors (Lipinski definition) is 0. The zero-order valence-corrected chi connectivity index (χ0v) is 64.6. The standard InChI is InChI=1S/C91H117N2.ClH/c1-54-37-75(56(3)61-41-65(84(7,8)9)49-66(42-61)85(10,11)12)80(76(38-54)57(4)62-43-67(86(13,14)15)50-68(44-62)87(16,17)18)92-53-93(83-74-36-32-34-60-33-31-35-73(79(60)74)82(83)92)81-77(58(5)63-45-69(88(19,20)21)51-70(46-63)89(22,23)24)39-55(2)40-78(81)59(6)64-47-71(90(25,26)27)52-72(48-64)91(28,29)30;/h31-53,56-59H,1-30H3;1H/q+1;/p-1/t56-,57-,58-,59-;/m1./s1. The first-order valence-corrected chi connectivity index (χ1v) is 35.3. The van der Waals surface area contributed by atoms with Crippen LogP contribution in [0.4, 0.5) is 0 Å². The van der Waals surface area contributed by atoms with Crippen LogP contribution in [0.5, 0.6) is 0 Å². The van der Waals surface area contributed by atoms with Crippen LogP contribution in [0.2, 0.25) is 0 Å². The topological polar surface area (TPSA) is 8.81 Å². The molecule has 1 aromatic heterocycles. The summed E-state index contributed by atoms with van der Waals surface area (Å²) in [7, 11) is 0. The molecule has 9 aromatic rings. The van der Waals surface area contributed by atoms with E-state index >= 15 is 0 Å². The minimum absolute atomic E-state index is 0. The lowest BCUT2D eigenvalue weighted by Gasteiger charge is -2.30. The number of benzene rings is 8. The lowest BCUT2D eigenvalue weighted by molar-refractivity contribution is -0.584. The number of rotatable bonds is 10. The van der Waals surface area contributed by atoms with E-state index in [4.69, 9.17) is 0 Å². The summed E-state index contributed by atoms with van der Waals surface area (Å²) in [5.41, 5.74) is 31.6. The fourth-order valence-electron chi connectivity index (χ4n) is 14.4. The Bertz CT molecular complexity index is 3750. The molecule has 0 aliphatic heterocycles. The third kappa shape index (κ3) is 13.9. The molecule has 1 heterocycles. The van der Waals surface area contributed by atoms with Gasteiger partial charge in [-0.3, -0.25) is 0 Å². The maximum absolute atomic E-state index is 2.72. The molecule has 0 bridgehead atoms. The Hall–Kier alpha value is -6.48. The van der Waals surface area contributed by atoms with E-state index in [0.717, 1.165) is 0 Å². The van der Waals surface area contributed by atoms with Gasteiger partial charge in [0.25, 0.3) is 6.33 Å². The van der Waals surface area contributed by atoms with Gasteiger partial charge in [-0.2, -0.15) is 9.13 Å². The summed E-state index contributed by atoms with van der Waals surface area (Å²) < 4.78 is 5.44. The number of hydrogen-bond donors (Lipinski definition) is 0. The zero-order chi connectivity index (χ0) is 68.7. The summed E-state index contributed by atoms with van der Waals surface area (Å²) in [4.78, 5) is 0. The zero-order valence-electron chi connectivity index (χ0n) is 63.9. The van der Waals surface area contributed by atoms with Crippen molar-refractivity contribution in [2.24, 2.45) is 0 Å². The van der Waals surface area contributed by atoms with Gasteiger partial charge in [0.1, 0.15) is 11.4 Å². The summed E-state index contributed by atoms with van der Waals surface area (Å²) in [6.45, 7) is 71.8. The molecule has 4 atom stereocenters. The van der Waals surface area contributed by atoms with Crippen molar-refractivity contribution in [2.45, 2.75) is 275 Å². The van der Waals surface area contributed by atoms with Crippen molar-refractivity contribution in [3.05, 3.63) is 240 Å². The van der Waals surface area contributed by atoms with Gasteiger partial charge < -0.3 is 12.4 Å². The van der Waals surface area contributed by atoms with Gasteiger partial charge >= 0.3 is 0 Å². The molecule has 0 fully saturated rings. The van der Waals surface area contributed by atoms with Crippen LogP contribution in [0.15, 0.2) is 140 Å². The van der Waals surface area contributed by atoms with E-state index in [1.54, 1.807) is 0 Å². The predicted molar refractivity (Wildman–Crippen MR) is 404 cm³/mol. The van der Waals surface area contributed by atoms with Crippen LogP contribution in [0.3, 0.4) is 0 Å². The Morgan fingerprint density at radius 2 is 0.574 bits per heavy atom. The van der Waals surface area contributed by atoms with E-state index < -0.39 is 0 Å². The molecule has 0 unspecified atom stereocenters. The van der Waals surface area contributed by atoms with Crippen molar-refractivity contribution in [1.82, 2.24) is 4.57 Å². The molecular formula is C91H117ClN2. The molecule has 0 N–H and O–H groups in total. The molecule has 8 aromatic carbocycles. The average molecular weight is 1270 g/mol. The smallest absolute Gasteiger partial charge is 0.255 e. The highest BCUT2D eigenvalue weighted by Crippen LogP contribution is 2.52. The van der Waals surface area contributed by atoms with Gasteiger partial charge in [-0.15, -0.1) is 0 Å². The fourth-order valence-corrected chi connectivity index (χ4v) is 14.4. The highest BCUT2D eigenvalue weighted by Gasteiger charge is 2.42. The second kappa shape index (κ2) is 24.6. The number of aromatic nitrogens is 2. The molecule has 498 valence electrons. The predicted octanol–water partition coefficient (Wildman–Crippen LogP) is 22.2. The molecule has 1 aliphatic rings. The van der Waals surface area contributed by atoms with Crippen molar-refractivity contribution in [3.63, 3.8) is 0 Å². The van der Waals surface area contributed by atoms with Crippen molar-refractivity contribution in [3.8, 4) is 33.9 Å². The first-order valence-electron chi connectivity index (χ1n) is 35.3. The van der Waals surface area contributed by atoms with Gasteiger partial charge in [0.15, 0.2) is 11.4 Å². The maximum Gasteiger partial charge on any atom is 0.255 e. The lowest BCUT2D eigenvalue weighted by atomic mass is 9.76. The molecular weight excluding hydrogens is 1160 g/mol. The van der Waals surface area contributed by atoms with E-state index in [1.807, 2.05) is 0 Å². The van der Waals surface area contributed by atoms with E-state index in [9.17, 15) is 0 Å². The van der Waals surface area contributed by atoms with Crippen LogP contribution in [-0.4, -0.2) is 4.57 Å². The van der Waals surface area contributed by atoms with Gasteiger partial charge in [-0.1, -0.05) is 326 Å². The van der Waals surface area contributed by atoms with Crippen molar-refractivity contribution < 1.29 is 17.0 Å². The SMILES string of the molecule is Cc1cc([C@H](C)c2cc(C(C)(C)C)cc(C(C)(C)C)c2)c(-n2c[n+](-c3c([C@H](C)c4cc(C(C)(C)C)cc(C(C)(C)C)c4)cc(C)cc3[C@H](C)c3cc(C(C)(C)C)cc(C(C)(C)C)c3)c3c2-c2cccc4cccc-3c24)c([C@H](C)c2cc(C(C)(C)C)cc(C(C)(C)C)c2)c1.[Cl-]. The summed E-state index contributed by atoms with van der Waals surface area (Å²) in [5.74, 6) is 0.0967. The number of nitrogens with zero attached hydrogens (tertiary/aromatic N) is 2. The van der Waals surface area contributed by atoms with Crippen LogP contribution in [0, 0.1) is 13.8 Å². The molecule has 94 heavy (non-hydrogen) atoms. The second-order valence-electron chi connectivity index (χ2n) is 37.1. The van der Waals surface area contributed by atoms with Crippen LogP contribution >= 0.6 is 0 Å². The summed E-state index contributed by atoms with van der Waals surface area (Å²) >= 11 is 0. The molecule has 0 amide bonds. The third-order valence-corrected chi connectivity index (χ3v) is 21.1. The summed E-state index contributed by atoms with van der Waals surface area (Å²) in [5, 5.41) is 2.59. The van der Waals surface area contributed by atoms with Crippen LogP contribution in [0.25, 0.3) is 44.7 Å². The summed E-state index contributed by atoms with van der Waals surface area (Å²) in [6, 6.07) is 54.6.